The molecule has 0 saturated carbocycles. The number of aryl methyl sites for hydroxylation is 1. The van der Waals surface area contributed by atoms with E-state index in [-0.39, 0.29) is 5.82 Å². The highest BCUT2D eigenvalue weighted by atomic mass is 19.1. The Morgan fingerprint density at radius 2 is 1.78 bits per heavy atom. The number of rotatable bonds is 6. The Bertz CT molecular complexity index is 369. The summed E-state index contributed by atoms with van der Waals surface area (Å²) in [6.45, 7) is 11.4. The molecule has 0 aliphatic heterocycles. The number of nitrogens with zero attached hydrogens (tertiary/aromatic N) is 2. The van der Waals surface area contributed by atoms with Crippen molar-refractivity contribution in [2.75, 3.05) is 11.9 Å². The summed E-state index contributed by atoms with van der Waals surface area (Å²) in [5.41, 5.74) is 0.471. The van der Waals surface area contributed by atoms with Gasteiger partial charge in [0.2, 0.25) is 0 Å². The van der Waals surface area contributed by atoms with Gasteiger partial charge in [0, 0.05) is 6.54 Å². The van der Waals surface area contributed by atoms with Gasteiger partial charge < -0.3 is 5.32 Å². The average Bonchev–Trinajstić information content (AvgIpc) is 2.30. The lowest BCUT2D eigenvalue weighted by atomic mass is 9.85. The van der Waals surface area contributed by atoms with E-state index < -0.39 is 0 Å². The van der Waals surface area contributed by atoms with Crippen LogP contribution in [0.2, 0.25) is 0 Å². The predicted octanol–water partition coefficient (Wildman–Crippen LogP) is 3.52. The molecule has 1 aromatic heterocycles. The van der Waals surface area contributed by atoms with Crippen molar-refractivity contribution in [3.05, 3.63) is 17.8 Å². The third kappa shape index (κ3) is 3.65. The van der Waals surface area contributed by atoms with Gasteiger partial charge in [0.25, 0.3) is 0 Å². The van der Waals surface area contributed by atoms with Crippen LogP contribution in [-0.4, -0.2) is 16.5 Å². The molecule has 0 radical (unpaired) electrons. The Labute approximate surface area is 109 Å². The van der Waals surface area contributed by atoms with Crippen molar-refractivity contribution < 1.29 is 4.39 Å². The zero-order valence-corrected chi connectivity index (χ0v) is 12.0. The van der Waals surface area contributed by atoms with Crippen LogP contribution in [0.3, 0.4) is 0 Å². The highest BCUT2D eigenvalue weighted by molar-refractivity contribution is 5.37. The summed E-state index contributed by atoms with van der Waals surface area (Å²) in [6.07, 6.45) is 2.00. The van der Waals surface area contributed by atoms with Crippen molar-refractivity contribution in [2.45, 2.75) is 41.0 Å². The average molecular weight is 253 g/mol. The molecular formula is C14H24FN3. The van der Waals surface area contributed by atoms with Crippen molar-refractivity contribution >= 4 is 5.82 Å². The lowest BCUT2D eigenvalue weighted by Crippen LogP contribution is -2.25. The predicted molar refractivity (Wildman–Crippen MR) is 73.0 cm³/mol. The minimum Gasteiger partial charge on any atom is -0.367 e. The molecule has 4 heteroatoms. The Morgan fingerprint density at radius 1 is 1.17 bits per heavy atom. The molecular weight excluding hydrogens is 229 g/mol. The number of aromatic nitrogens is 2. The second-order valence-electron chi connectivity index (χ2n) is 5.37. The van der Waals surface area contributed by atoms with Gasteiger partial charge in [0.05, 0.1) is 5.69 Å². The van der Waals surface area contributed by atoms with E-state index in [9.17, 15) is 4.39 Å². The first-order valence-corrected chi connectivity index (χ1v) is 6.70. The van der Waals surface area contributed by atoms with Gasteiger partial charge in [-0.15, -0.1) is 0 Å². The van der Waals surface area contributed by atoms with Crippen LogP contribution in [0, 0.1) is 23.6 Å². The Morgan fingerprint density at radius 3 is 2.28 bits per heavy atom. The largest absolute Gasteiger partial charge is 0.367 e. The molecule has 0 amide bonds. The molecule has 0 fully saturated rings. The van der Waals surface area contributed by atoms with E-state index in [0.29, 0.717) is 35.7 Å². The smallest absolute Gasteiger partial charge is 0.186 e. The molecule has 1 heterocycles. The fraction of sp³-hybridized carbons (Fsp3) is 0.714. The highest BCUT2D eigenvalue weighted by Crippen LogP contribution is 2.22. The quantitative estimate of drug-likeness (QED) is 0.843. The van der Waals surface area contributed by atoms with Crippen LogP contribution in [0.4, 0.5) is 10.2 Å². The van der Waals surface area contributed by atoms with E-state index in [1.165, 1.54) is 6.33 Å². The minimum absolute atomic E-state index is 0.314. The van der Waals surface area contributed by atoms with Crippen molar-refractivity contribution in [1.29, 1.82) is 0 Å². The normalized spacial score (nSPS) is 11.6. The maximum absolute atomic E-state index is 13.9. The maximum atomic E-state index is 13.9. The first-order valence-electron chi connectivity index (χ1n) is 6.70. The second-order valence-corrected chi connectivity index (χ2v) is 5.37. The molecule has 1 aromatic rings. The van der Waals surface area contributed by atoms with Crippen LogP contribution < -0.4 is 5.32 Å². The van der Waals surface area contributed by atoms with Crippen molar-refractivity contribution in [3.8, 4) is 0 Å². The van der Waals surface area contributed by atoms with Crippen LogP contribution in [0.25, 0.3) is 0 Å². The Hall–Kier alpha value is -1.19. The highest BCUT2D eigenvalue weighted by Gasteiger charge is 2.18. The number of nitrogens with one attached hydrogen (secondary N) is 1. The molecule has 0 saturated heterocycles. The SMILES string of the molecule is CCc1ncnc(NCC(C(C)C)C(C)C)c1F. The molecule has 0 aliphatic carbocycles. The van der Waals surface area contributed by atoms with Crippen molar-refractivity contribution in [3.63, 3.8) is 0 Å². The lowest BCUT2D eigenvalue weighted by molar-refractivity contribution is 0.304. The minimum atomic E-state index is -0.314. The number of hydrogen-bond acceptors (Lipinski definition) is 3. The van der Waals surface area contributed by atoms with E-state index in [1.54, 1.807) is 0 Å². The maximum Gasteiger partial charge on any atom is 0.186 e. The van der Waals surface area contributed by atoms with Gasteiger partial charge in [-0.25, -0.2) is 14.4 Å². The summed E-state index contributed by atoms with van der Waals surface area (Å²) in [6, 6.07) is 0. The molecule has 1 N–H and O–H groups in total. The molecule has 1 rings (SSSR count). The molecule has 0 unspecified atom stereocenters. The Kier molecular flexibility index (Phi) is 5.51. The van der Waals surface area contributed by atoms with Crippen molar-refractivity contribution in [2.24, 2.45) is 17.8 Å². The summed E-state index contributed by atoms with van der Waals surface area (Å²) in [5, 5.41) is 3.12. The summed E-state index contributed by atoms with van der Waals surface area (Å²) < 4.78 is 13.9. The third-order valence-electron chi connectivity index (χ3n) is 3.41. The van der Waals surface area contributed by atoms with Crippen molar-refractivity contribution in [1.82, 2.24) is 9.97 Å². The third-order valence-corrected chi connectivity index (χ3v) is 3.41. The molecule has 0 aliphatic rings. The molecule has 0 bridgehead atoms. The number of hydrogen-bond donors (Lipinski definition) is 1. The monoisotopic (exact) mass is 253 g/mol. The summed E-state index contributed by atoms with van der Waals surface area (Å²) in [7, 11) is 0. The lowest BCUT2D eigenvalue weighted by Gasteiger charge is -2.25. The first-order chi connectivity index (χ1) is 8.47. The Balaban J connectivity index is 2.73. The zero-order valence-electron chi connectivity index (χ0n) is 12.0. The van der Waals surface area contributed by atoms with E-state index in [4.69, 9.17) is 0 Å². The fourth-order valence-corrected chi connectivity index (χ4v) is 2.23. The van der Waals surface area contributed by atoms with Gasteiger partial charge in [0.1, 0.15) is 6.33 Å². The van der Waals surface area contributed by atoms with Gasteiger partial charge in [0.15, 0.2) is 11.6 Å². The standard InChI is InChI=1S/C14H24FN3/c1-6-12-13(15)14(18-8-17-12)16-7-11(9(2)3)10(4)5/h8-11H,6-7H2,1-5H3,(H,16,17,18). The van der Waals surface area contributed by atoms with E-state index in [1.807, 2.05) is 6.92 Å². The van der Waals surface area contributed by atoms with E-state index in [0.717, 1.165) is 6.54 Å². The van der Waals surface area contributed by atoms with Crippen LogP contribution in [0.15, 0.2) is 6.33 Å². The molecule has 0 spiro atoms. The zero-order chi connectivity index (χ0) is 13.7. The molecule has 3 nitrogen and oxygen atoms in total. The van der Waals surface area contributed by atoms with E-state index in [2.05, 4.69) is 43.0 Å². The van der Waals surface area contributed by atoms with Crippen LogP contribution >= 0.6 is 0 Å². The number of anilines is 1. The van der Waals surface area contributed by atoms with E-state index >= 15 is 0 Å². The summed E-state index contributed by atoms with van der Waals surface area (Å²) in [4.78, 5) is 7.91. The van der Waals surface area contributed by atoms with Crippen LogP contribution in [0.1, 0.15) is 40.3 Å². The molecule has 18 heavy (non-hydrogen) atoms. The van der Waals surface area contributed by atoms with Crippen LogP contribution in [0.5, 0.6) is 0 Å². The second kappa shape index (κ2) is 6.66. The van der Waals surface area contributed by atoms with Gasteiger partial charge in [-0.1, -0.05) is 34.6 Å². The molecule has 0 aromatic carbocycles. The topological polar surface area (TPSA) is 37.8 Å². The molecule has 0 atom stereocenters. The fourth-order valence-electron chi connectivity index (χ4n) is 2.23. The van der Waals surface area contributed by atoms with Crippen LogP contribution in [-0.2, 0) is 6.42 Å². The molecule has 102 valence electrons. The van der Waals surface area contributed by atoms with Gasteiger partial charge in [-0.3, -0.25) is 0 Å². The van der Waals surface area contributed by atoms with Gasteiger partial charge in [-0.05, 0) is 24.2 Å². The first kappa shape index (κ1) is 14.9. The summed E-state index contributed by atoms with van der Waals surface area (Å²) >= 11 is 0. The van der Waals surface area contributed by atoms with Gasteiger partial charge >= 0.3 is 0 Å². The van der Waals surface area contributed by atoms with Gasteiger partial charge in [-0.2, -0.15) is 0 Å². The summed E-state index contributed by atoms with van der Waals surface area (Å²) in [5.74, 6) is 1.64. The number of halogens is 1.